The fraction of sp³-hybridized carbons (Fsp3) is 0.600. The third-order valence-electron chi connectivity index (χ3n) is 4.16. The van der Waals surface area contributed by atoms with Crippen molar-refractivity contribution in [2.24, 2.45) is 0 Å². The molecule has 0 saturated heterocycles. The van der Waals surface area contributed by atoms with Crippen molar-refractivity contribution in [2.45, 2.75) is 30.6 Å². The van der Waals surface area contributed by atoms with Gasteiger partial charge in [0.25, 0.3) is 0 Å². The molecule has 3 unspecified atom stereocenters. The van der Waals surface area contributed by atoms with Gasteiger partial charge in [-0.15, -0.1) is 0 Å². The zero-order valence-electron chi connectivity index (χ0n) is 12.3. The molecular formula is C15H23NO3S. The highest BCUT2D eigenvalue weighted by atomic mass is 32.2. The van der Waals surface area contributed by atoms with E-state index in [1.807, 2.05) is 25.2 Å². The molecule has 1 aromatic rings. The Morgan fingerprint density at radius 3 is 2.55 bits per heavy atom. The Labute approximate surface area is 121 Å². The van der Waals surface area contributed by atoms with E-state index in [4.69, 9.17) is 4.74 Å². The molecule has 0 aliphatic heterocycles. The van der Waals surface area contributed by atoms with Gasteiger partial charge in [-0.05, 0) is 30.5 Å². The zero-order valence-corrected chi connectivity index (χ0v) is 13.1. The predicted molar refractivity (Wildman–Crippen MR) is 80.7 cm³/mol. The summed E-state index contributed by atoms with van der Waals surface area (Å²) in [7, 11) is 0.191. The van der Waals surface area contributed by atoms with E-state index in [-0.39, 0.29) is 29.6 Å². The summed E-state index contributed by atoms with van der Waals surface area (Å²) in [6.45, 7) is 2.36. The van der Waals surface area contributed by atoms with Crippen LogP contribution in [0.15, 0.2) is 24.3 Å². The molecule has 1 aromatic carbocycles. The molecule has 0 aromatic heterocycles. The highest BCUT2D eigenvalue weighted by Gasteiger charge is 2.39. The van der Waals surface area contributed by atoms with E-state index in [2.05, 4.69) is 18.3 Å². The minimum atomic E-state index is -3.17. The molecular weight excluding hydrogens is 274 g/mol. The molecule has 0 amide bonds. The van der Waals surface area contributed by atoms with Crippen molar-refractivity contribution < 1.29 is 13.2 Å². The molecule has 1 aliphatic carbocycles. The van der Waals surface area contributed by atoms with Crippen LogP contribution >= 0.6 is 0 Å². The first kappa shape index (κ1) is 15.5. The molecule has 0 fully saturated rings. The van der Waals surface area contributed by atoms with Gasteiger partial charge in [-0.3, -0.25) is 0 Å². The summed E-state index contributed by atoms with van der Waals surface area (Å²) in [5.74, 6) is 0.347. The fourth-order valence-corrected chi connectivity index (χ4v) is 5.08. The molecule has 20 heavy (non-hydrogen) atoms. The molecule has 2 rings (SSSR count). The van der Waals surface area contributed by atoms with Crippen LogP contribution in [0.3, 0.4) is 0 Å². The first-order valence-electron chi connectivity index (χ1n) is 6.98. The van der Waals surface area contributed by atoms with Crippen LogP contribution in [0.2, 0.25) is 0 Å². The van der Waals surface area contributed by atoms with Crippen molar-refractivity contribution in [2.75, 3.05) is 26.5 Å². The smallest absolute Gasteiger partial charge is 0.157 e. The maximum absolute atomic E-state index is 12.5. The standard InChI is InChI=1S/C15H23NO3S/c1-11-10-14(20(17,18)9-8-19-3)15(16-2)13-7-5-4-6-12(11)13/h4-7,11,14-16H,8-10H2,1-3H3. The van der Waals surface area contributed by atoms with Gasteiger partial charge in [0.1, 0.15) is 0 Å². The third kappa shape index (κ3) is 2.90. The minimum absolute atomic E-state index is 0.0846. The molecule has 0 bridgehead atoms. The van der Waals surface area contributed by atoms with Crippen LogP contribution in [0.1, 0.15) is 36.4 Å². The zero-order chi connectivity index (χ0) is 14.8. The van der Waals surface area contributed by atoms with Crippen LogP contribution < -0.4 is 5.32 Å². The number of benzene rings is 1. The Kier molecular flexibility index (Phi) is 4.83. The van der Waals surface area contributed by atoms with Crippen molar-refractivity contribution in [3.63, 3.8) is 0 Å². The molecule has 0 saturated carbocycles. The van der Waals surface area contributed by atoms with Gasteiger partial charge in [0.15, 0.2) is 9.84 Å². The maximum atomic E-state index is 12.5. The van der Waals surface area contributed by atoms with Gasteiger partial charge >= 0.3 is 0 Å². The van der Waals surface area contributed by atoms with Crippen LogP contribution in [-0.4, -0.2) is 40.2 Å². The van der Waals surface area contributed by atoms with Gasteiger partial charge in [-0.25, -0.2) is 8.42 Å². The fourth-order valence-electron chi connectivity index (χ4n) is 3.10. The number of fused-ring (bicyclic) bond motifs is 1. The SMILES string of the molecule is CNC1c2ccccc2C(C)CC1S(=O)(=O)CCOC. The summed E-state index contributed by atoms with van der Waals surface area (Å²) in [6.07, 6.45) is 0.661. The number of hydrogen-bond acceptors (Lipinski definition) is 4. The van der Waals surface area contributed by atoms with Gasteiger partial charge in [-0.2, -0.15) is 0 Å². The predicted octanol–water partition coefficient (Wildman–Crippen LogP) is 1.88. The van der Waals surface area contributed by atoms with Crippen LogP contribution in [0.4, 0.5) is 0 Å². The van der Waals surface area contributed by atoms with Crippen LogP contribution in [0.5, 0.6) is 0 Å². The van der Waals surface area contributed by atoms with E-state index in [0.717, 1.165) is 5.56 Å². The summed E-state index contributed by atoms with van der Waals surface area (Å²) in [5.41, 5.74) is 2.37. The van der Waals surface area contributed by atoms with Crippen molar-refractivity contribution in [1.29, 1.82) is 0 Å². The molecule has 112 valence electrons. The normalized spacial score (nSPS) is 26.2. The molecule has 3 atom stereocenters. The summed E-state index contributed by atoms with van der Waals surface area (Å²) < 4.78 is 30.0. The van der Waals surface area contributed by atoms with Gasteiger partial charge in [-0.1, -0.05) is 31.2 Å². The highest BCUT2D eigenvalue weighted by Crippen LogP contribution is 2.40. The van der Waals surface area contributed by atoms with Crippen molar-refractivity contribution >= 4 is 9.84 Å². The number of sulfone groups is 1. The van der Waals surface area contributed by atoms with Crippen LogP contribution in [-0.2, 0) is 14.6 Å². The molecule has 0 spiro atoms. The Hall–Kier alpha value is -0.910. The van der Waals surface area contributed by atoms with Gasteiger partial charge in [0.2, 0.25) is 0 Å². The van der Waals surface area contributed by atoms with E-state index >= 15 is 0 Å². The lowest BCUT2D eigenvalue weighted by molar-refractivity contribution is 0.216. The summed E-state index contributed by atoms with van der Waals surface area (Å²) >= 11 is 0. The van der Waals surface area contributed by atoms with Crippen molar-refractivity contribution in [3.05, 3.63) is 35.4 Å². The largest absolute Gasteiger partial charge is 0.384 e. The van der Waals surface area contributed by atoms with Crippen LogP contribution in [0.25, 0.3) is 0 Å². The average Bonchev–Trinajstić information content (AvgIpc) is 2.45. The minimum Gasteiger partial charge on any atom is -0.384 e. The Morgan fingerprint density at radius 1 is 1.30 bits per heavy atom. The maximum Gasteiger partial charge on any atom is 0.157 e. The van der Waals surface area contributed by atoms with Crippen molar-refractivity contribution in [1.82, 2.24) is 5.32 Å². The number of nitrogens with one attached hydrogen (secondary N) is 1. The second-order valence-corrected chi connectivity index (χ2v) is 7.77. The topological polar surface area (TPSA) is 55.4 Å². The molecule has 5 heteroatoms. The van der Waals surface area contributed by atoms with E-state index in [1.54, 1.807) is 0 Å². The average molecular weight is 297 g/mol. The number of rotatable bonds is 5. The summed E-state index contributed by atoms with van der Waals surface area (Å²) in [6, 6.07) is 7.99. The molecule has 4 nitrogen and oxygen atoms in total. The van der Waals surface area contributed by atoms with E-state index < -0.39 is 9.84 Å². The van der Waals surface area contributed by atoms with Gasteiger partial charge < -0.3 is 10.1 Å². The second-order valence-electron chi connectivity index (χ2n) is 5.43. The number of ether oxygens (including phenoxy) is 1. The third-order valence-corrected chi connectivity index (χ3v) is 6.29. The first-order chi connectivity index (χ1) is 9.51. The summed E-state index contributed by atoms with van der Waals surface area (Å²) in [5, 5.41) is 2.81. The van der Waals surface area contributed by atoms with Gasteiger partial charge in [0.05, 0.1) is 17.6 Å². The van der Waals surface area contributed by atoms with E-state index in [0.29, 0.717) is 6.42 Å². The monoisotopic (exact) mass is 297 g/mol. The highest BCUT2D eigenvalue weighted by molar-refractivity contribution is 7.92. The van der Waals surface area contributed by atoms with E-state index in [9.17, 15) is 8.42 Å². The van der Waals surface area contributed by atoms with Gasteiger partial charge in [0, 0.05) is 13.2 Å². The Balaban J connectivity index is 2.37. The van der Waals surface area contributed by atoms with Crippen LogP contribution in [0, 0.1) is 0 Å². The molecule has 1 aliphatic rings. The lowest BCUT2D eigenvalue weighted by Crippen LogP contribution is -2.41. The summed E-state index contributed by atoms with van der Waals surface area (Å²) in [4.78, 5) is 0. The quantitative estimate of drug-likeness (QED) is 0.901. The molecule has 0 radical (unpaired) electrons. The number of methoxy groups -OCH3 is 1. The Morgan fingerprint density at radius 2 is 1.95 bits per heavy atom. The number of hydrogen-bond donors (Lipinski definition) is 1. The lowest BCUT2D eigenvalue weighted by Gasteiger charge is -2.36. The lowest BCUT2D eigenvalue weighted by atomic mass is 9.81. The molecule has 0 heterocycles. The first-order valence-corrected chi connectivity index (χ1v) is 8.69. The molecule has 1 N–H and O–H groups in total. The Bertz CT molecular complexity index is 556. The van der Waals surface area contributed by atoms with Crippen molar-refractivity contribution in [3.8, 4) is 0 Å². The van der Waals surface area contributed by atoms with E-state index in [1.165, 1.54) is 12.7 Å². The second kappa shape index (κ2) is 6.24.